The zero-order valence-electron chi connectivity index (χ0n) is 9.49. The van der Waals surface area contributed by atoms with E-state index in [0.717, 1.165) is 0 Å². The van der Waals surface area contributed by atoms with Crippen molar-refractivity contribution in [2.45, 2.75) is 38.8 Å². The first-order valence-corrected chi connectivity index (χ1v) is 4.92. The average Bonchev–Trinajstić information content (AvgIpc) is 2.13. The lowest BCUT2D eigenvalue weighted by Gasteiger charge is -2.23. The number of likely N-dealkylation sites (N-methyl/N-ethyl adjacent to an activating group) is 1. The maximum Gasteiger partial charge on any atom is 0.305 e. The normalized spacial score (nSPS) is 13.4. The van der Waals surface area contributed by atoms with Crippen molar-refractivity contribution in [3.05, 3.63) is 0 Å². The summed E-state index contributed by atoms with van der Waals surface area (Å²) in [5.41, 5.74) is 0. The molecule has 0 heterocycles. The molecule has 0 amide bonds. The number of hydrogen-bond donors (Lipinski definition) is 1. The molecular weight excluding hydrogens is 182 g/mol. The number of nitrogens with zero attached hydrogens (tertiary/aromatic N) is 1. The second-order valence-electron chi connectivity index (χ2n) is 3.80. The quantitative estimate of drug-likeness (QED) is 0.644. The van der Waals surface area contributed by atoms with Crippen molar-refractivity contribution in [2.24, 2.45) is 0 Å². The monoisotopic (exact) mass is 203 g/mol. The van der Waals surface area contributed by atoms with Crippen LogP contribution in [0.2, 0.25) is 0 Å². The first-order chi connectivity index (χ1) is 6.47. The molecule has 4 nitrogen and oxygen atoms in total. The summed E-state index contributed by atoms with van der Waals surface area (Å²) < 4.78 is 4.49. The van der Waals surface area contributed by atoms with E-state index in [0.29, 0.717) is 19.0 Å². The fraction of sp³-hybridized carbons (Fsp3) is 0.900. The van der Waals surface area contributed by atoms with Crippen LogP contribution in [-0.2, 0) is 9.53 Å². The smallest absolute Gasteiger partial charge is 0.305 e. The molecule has 0 spiro atoms. The van der Waals surface area contributed by atoms with Crippen molar-refractivity contribution in [3.63, 3.8) is 0 Å². The lowest BCUT2D eigenvalue weighted by molar-refractivity contribution is -0.141. The minimum atomic E-state index is -0.457. The second kappa shape index (κ2) is 6.79. The molecule has 0 aromatic rings. The highest BCUT2D eigenvalue weighted by Crippen LogP contribution is 2.02. The molecule has 0 saturated carbocycles. The van der Waals surface area contributed by atoms with Crippen LogP contribution in [0, 0.1) is 0 Å². The summed E-state index contributed by atoms with van der Waals surface area (Å²) in [6.07, 6.45) is 0.286. The third kappa shape index (κ3) is 5.94. The number of hydrogen-bond acceptors (Lipinski definition) is 4. The van der Waals surface area contributed by atoms with Crippen molar-refractivity contribution in [2.75, 3.05) is 20.7 Å². The molecule has 1 unspecified atom stereocenters. The van der Waals surface area contributed by atoms with Crippen molar-refractivity contribution < 1.29 is 14.6 Å². The predicted molar refractivity (Wildman–Crippen MR) is 55.0 cm³/mol. The fourth-order valence-electron chi connectivity index (χ4n) is 1.02. The van der Waals surface area contributed by atoms with Gasteiger partial charge in [-0.05, 0) is 27.3 Å². The van der Waals surface area contributed by atoms with E-state index in [1.807, 2.05) is 11.9 Å². The van der Waals surface area contributed by atoms with Gasteiger partial charge in [-0.15, -0.1) is 0 Å². The second-order valence-corrected chi connectivity index (χ2v) is 3.80. The molecule has 4 heteroatoms. The van der Waals surface area contributed by atoms with Crippen LogP contribution in [0.1, 0.15) is 26.7 Å². The van der Waals surface area contributed by atoms with Gasteiger partial charge in [-0.3, -0.25) is 4.79 Å². The van der Waals surface area contributed by atoms with Gasteiger partial charge in [-0.1, -0.05) is 0 Å². The van der Waals surface area contributed by atoms with E-state index in [1.165, 1.54) is 7.11 Å². The zero-order chi connectivity index (χ0) is 11.1. The Morgan fingerprint density at radius 1 is 1.50 bits per heavy atom. The van der Waals surface area contributed by atoms with Gasteiger partial charge in [-0.2, -0.15) is 0 Å². The van der Waals surface area contributed by atoms with Gasteiger partial charge in [0, 0.05) is 19.0 Å². The molecule has 0 fully saturated rings. The molecule has 0 aliphatic rings. The lowest BCUT2D eigenvalue weighted by Crippen LogP contribution is -2.34. The van der Waals surface area contributed by atoms with E-state index in [2.05, 4.69) is 18.6 Å². The number of carbonyl (C=O) groups excluding carboxylic acids is 1. The third-order valence-electron chi connectivity index (χ3n) is 2.29. The Hall–Kier alpha value is -0.610. The van der Waals surface area contributed by atoms with Crippen molar-refractivity contribution in [1.29, 1.82) is 0 Å². The average molecular weight is 203 g/mol. The molecule has 1 N–H and O–H groups in total. The van der Waals surface area contributed by atoms with Gasteiger partial charge in [0.15, 0.2) is 0 Å². The van der Waals surface area contributed by atoms with Gasteiger partial charge in [0.2, 0.25) is 0 Å². The molecule has 0 saturated heterocycles. The molecule has 0 bridgehead atoms. The van der Waals surface area contributed by atoms with Crippen LogP contribution in [-0.4, -0.2) is 48.8 Å². The number of esters is 1. The van der Waals surface area contributed by atoms with Crippen LogP contribution in [0.4, 0.5) is 0 Å². The Labute approximate surface area is 85.9 Å². The van der Waals surface area contributed by atoms with Gasteiger partial charge in [0.25, 0.3) is 0 Å². The van der Waals surface area contributed by atoms with Crippen LogP contribution in [0.5, 0.6) is 0 Å². The summed E-state index contributed by atoms with van der Waals surface area (Å²) in [6, 6.07) is 0.405. The number of carbonyl (C=O) groups is 1. The molecular formula is C10H21NO3. The molecule has 14 heavy (non-hydrogen) atoms. The van der Waals surface area contributed by atoms with Crippen LogP contribution >= 0.6 is 0 Å². The standard InChI is InChI=1S/C10H21NO3/c1-8(2)11(3)7-9(12)5-6-10(13)14-4/h8-9,12H,5-7H2,1-4H3. The number of aliphatic hydroxyl groups excluding tert-OH is 1. The Balaban J connectivity index is 3.64. The molecule has 0 aromatic carbocycles. The SMILES string of the molecule is COC(=O)CCC(O)CN(C)C(C)C. The van der Waals surface area contributed by atoms with Crippen molar-refractivity contribution in [3.8, 4) is 0 Å². The van der Waals surface area contributed by atoms with E-state index in [-0.39, 0.29) is 12.4 Å². The summed E-state index contributed by atoms with van der Waals surface area (Å²) >= 11 is 0. The highest BCUT2D eigenvalue weighted by molar-refractivity contribution is 5.69. The molecule has 0 rings (SSSR count). The molecule has 0 aliphatic heterocycles. The Morgan fingerprint density at radius 2 is 2.07 bits per heavy atom. The summed E-state index contributed by atoms with van der Waals surface area (Å²) in [4.78, 5) is 12.8. The Morgan fingerprint density at radius 3 is 2.50 bits per heavy atom. The van der Waals surface area contributed by atoms with E-state index >= 15 is 0 Å². The highest BCUT2D eigenvalue weighted by atomic mass is 16.5. The van der Waals surface area contributed by atoms with E-state index in [1.54, 1.807) is 0 Å². The molecule has 1 atom stereocenters. The summed E-state index contributed by atoms with van der Waals surface area (Å²) in [5, 5.41) is 9.56. The van der Waals surface area contributed by atoms with Crippen LogP contribution in [0.15, 0.2) is 0 Å². The lowest BCUT2D eigenvalue weighted by atomic mass is 10.2. The minimum Gasteiger partial charge on any atom is -0.469 e. The number of rotatable bonds is 6. The first kappa shape index (κ1) is 13.4. The fourth-order valence-corrected chi connectivity index (χ4v) is 1.02. The minimum absolute atomic E-state index is 0.267. The predicted octanol–water partition coefficient (Wildman–Crippen LogP) is 0.641. The molecule has 0 aromatic heterocycles. The van der Waals surface area contributed by atoms with Crippen molar-refractivity contribution >= 4 is 5.97 Å². The van der Waals surface area contributed by atoms with Gasteiger partial charge in [0.05, 0.1) is 13.2 Å². The zero-order valence-corrected chi connectivity index (χ0v) is 9.49. The van der Waals surface area contributed by atoms with Crippen LogP contribution in [0.25, 0.3) is 0 Å². The van der Waals surface area contributed by atoms with Gasteiger partial charge in [0.1, 0.15) is 0 Å². The summed E-state index contributed by atoms with van der Waals surface area (Å²) in [6.45, 7) is 4.72. The van der Waals surface area contributed by atoms with Crippen molar-refractivity contribution in [1.82, 2.24) is 4.90 Å². The summed E-state index contributed by atoms with van der Waals surface area (Å²) in [5.74, 6) is -0.267. The first-order valence-electron chi connectivity index (χ1n) is 4.92. The van der Waals surface area contributed by atoms with Crippen LogP contribution in [0.3, 0.4) is 0 Å². The number of aliphatic hydroxyl groups is 1. The van der Waals surface area contributed by atoms with Crippen LogP contribution < -0.4 is 0 Å². The van der Waals surface area contributed by atoms with E-state index in [4.69, 9.17) is 0 Å². The highest BCUT2D eigenvalue weighted by Gasteiger charge is 2.12. The Kier molecular flexibility index (Phi) is 6.49. The number of ether oxygens (including phenoxy) is 1. The number of methoxy groups -OCH3 is 1. The third-order valence-corrected chi connectivity index (χ3v) is 2.29. The van der Waals surface area contributed by atoms with E-state index in [9.17, 15) is 9.90 Å². The molecule has 0 aliphatic carbocycles. The maximum absolute atomic E-state index is 10.8. The topological polar surface area (TPSA) is 49.8 Å². The van der Waals surface area contributed by atoms with Gasteiger partial charge in [-0.25, -0.2) is 0 Å². The van der Waals surface area contributed by atoms with E-state index < -0.39 is 6.10 Å². The summed E-state index contributed by atoms with van der Waals surface area (Å²) in [7, 11) is 3.31. The Bertz CT molecular complexity index is 171. The largest absolute Gasteiger partial charge is 0.469 e. The molecule has 84 valence electrons. The van der Waals surface area contributed by atoms with Gasteiger partial charge >= 0.3 is 5.97 Å². The van der Waals surface area contributed by atoms with Gasteiger partial charge < -0.3 is 14.7 Å². The maximum atomic E-state index is 10.8. The molecule has 0 radical (unpaired) electrons.